The lowest BCUT2D eigenvalue weighted by atomic mass is 9.97. The molecule has 4 rings (SSSR count). The van der Waals surface area contributed by atoms with E-state index in [1.165, 1.54) is 26.4 Å². The third kappa shape index (κ3) is 4.69. The Balaban J connectivity index is 1.63. The number of piperidine rings is 2. The molecular formula is C23H32N4O4. The van der Waals surface area contributed by atoms with Crippen LogP contribution in [-0.4, -0.2) is 68.3 Å². The van der Waals surface area contributed by atoms with Crippen LogP contribution < -0.4 is 14.4 Å². The van der Waals surface area contributed by atoms with E-state index in [0.29, 0.717) is 18.0 Å². The number of esters is 1. The average molecular weight is 429 g/mol. The molecule has 0 spiro atoms. The summed E-state index contributed by atoms with van der Waals surface area (Å²) < 4.78 is 15.9. The summed E-state index contributed by atoms with van der Waals surface area (Å²) in [4.78, 5) is 26.4. The van der Waals surface area contributed by atoms with Crippen LogP contribution in [0.25, 0.3) is 10.9 Å². The van der Waals surface area contributed by atoms with E-state index in [0.717, 1.165) is 61.6 Å². The molecule has 2 aromatic rings. The normalized spacial score (nSPS) is 18.2. The average Bonchev–Trinajstić information content (AvgIpc) is 2.83. The minimum Gasteiger partial charge on any atom is -0.493 e. The number of rotatable bonds is 6. The zero-order valence-corrected chi connectivity index (χ0v) is 18.7. The minimum atomic E-state index is -0.102. The number of hydrogen-bond donors (Lipinski definition) is 0. The fourth-order valence-electron chi connectivity index (χ4n) is 4.60. The SMILES string of the molecule is COC(=O)C1CCN(Cc2nc(N3CCCCC3)c3cc(OC)c(OC)cc3n2)CC1. The molecular weight excluding hydrogens is 396 g/mol. The number of fused-ring (bicyclic) bond motifs is 1. The van der Waals surface area contributed by atoms with E-state index >= 15 is 0 Å². The smallest absolute Gasteiger partial charge is 0.308 e. The van der Waals surface area contributed by atoms with Gasteiger partial charge in [0.15, 0.2) is 11.5 Å². The number of carbonyl (C=O) groups is 1. The Kier molecular flexibility index (Phi) is 6.75. The first-order chi connectivity index (χ1) is 15.1. The highest BCUT2D eigenvalue weighted by molar-refractivity contribution is 5.92. The molecule has 1 aromatic carbocycles. The molecule has 2 saturated heterocycles. The van der Waals surface area contributed by atoms with Gasteiger partial charge in [0.25, 0.3) is 0 Å². The Morgan fingerprint density at radius 2 is 1.65 bits per heavy atom. The van der Waals surface area contributed by atoms with Crippen molar-refractivity contribution in [2.45, 2.75) is 38.6 Å². The molecule has 0 radical (unpaired) electrons. The van der Waals surface area contributed by atoms with Crippen molar-refractivity contribution < 1.29 is 19.0 Å². The standard InChI is InChI=1S/C23H32N4O4/c1-29-19-13-17-18(14-20(19)30-2)24-21(25-22(17)27-9-5-4-6-10-27)15-26-11-7-16(8-12-26)23(28)31-3/h13-14,16H,4-12,15H2,1-3H3. The molecule has 0 saturated carbocycles. The Morgan fingerprint density at radius 1 is 0.968 bits per heavy atom. The fourth-order valence-corrected chi connectivity index (χ4v) is 4.60. The van der Waals surface area contributed by atoms with Crippen LogP contribution in [0.4, 0.5) is 5.82 Å². The van der Waals surface area contributed by atoms with Crippen LogP contribution >= 0.6 is 0 Å². The predicted octanol–water partition coefficient (Wildman–Crippen LogP) is 3.02. The van der Waals surface area contributed by atoms with Crippen molar-refractivity contribution in [2.75, 3.05) is 52.4 Å². The topological polar surface area (TPSA) is 77.0 Å². The molecule has 0 atom stereocenters. The number of ether oxygens (including phenoxy) is 3. The maximum Gasteiger partial charge on any atom is 0.308 e. The second-order valence-corrected chi connectivity index (χ2v) is 8.31. The first-order valence-electron chi connectivity index (χ1n) is 11.1. The third-order valence-corrected chi connectivity index (χ3v) is 6.37. The maximum atomic E-state index is 11.8. The van der Waals surface area contributed by atoms with Gasteiger partial charge >= 0.3 is 5.97 Å². The summed E-state index contributed by atoms with van der Waals surface area (Å²) in [6.45, 7) is 4.35. The van der Waals surface area contributed by atoms with Gasteiger partial charge in [0.1, 0.15) is 11.6 Å². The molecule has 0 aliphatic carbocycles. The van der Waals surface area contributed by atoms with Crippen molar-refractivity contribution in [2.24, 2.45) is 5.92 Å². The first kappa shape index (κ1) is 21.6. The molecule has 8 heteroatoms. The Labute approximate surface area is 183 Å². The predicted molar refractivity (Wildman–Crippen MR) is 119 cm³/mol. The molecule has 0 bridgehead atoms. The molecule has 2 aliphatic rings. The summed E-state index contributed by atoms with van der Waals surface area (Å²) in [5, 5.41) is 0.993. The summed E-state index contributed by atoms with van der Waals surface area (Å²) in [6.07, 6.45) is 5.23. The lowest BCUT2D eigenvalue weighted by Gasteiger charge is -2.31. The van der Waals surface area contributed by atoms with Gasteiger partial charge in [0.2, 0.25) is 0 Å². The lowest BCUT2D eigenvalue weighted by molar-refractivity contribution is -0.147. The van der Waals surface area contributed by atoms with E-state index in [4.69, 9.17) is 24.2 Å². The van der Waals surface area contributed by atoms with E-state index < -0.39 is 0 Å². The van der Waals surface area contributed by atoms with Gasteiger partial charge in [-0.05, 0) is 51.3 Å². The number of nitrogens with zero attached hydrogens (tertiary/aromatic N) is 4. The van der Waals surface area contributed by atoms with Crippen LogP contribution in [0.2, 0.25) is 0 Å². The van der Waals surface area contributed by atoms with Crippen molar-refractivity contribution >= 4 is 22.7 Å². The highest BCUT2D eigenvalue weighted by atomic mass is 16.5. The van der Waals surface area contributed by atoms with E-state index in [-0.39, 0.29) is 11.9 Å². The largest absolute Gasteiger partial charge is 0.493 e. The number of hydrogen-bond acceptors (Lipinski definition) is 8. The van der Waals surface area contributed by atoms with Crippen molar-refractivity contribution in [3.63, 3.8) is 0 Å². The van der Waals surface area contributed by atoms with E-state index in [9.17, 15) is 4.79 Å². The molecule has 31 heavy (non-hydrogen) atoms. The Morgan fingerprint density at radius 3 is 2.29 bits per heavy atom. The van der Waals surface area contributed by atoms with Gasteiger partial charge in [0, 0.05) is 24.5 Å². The first-order valence-corrected chi connectivity index (χ1v) is 11.1. The van der Waals surface area contributed by atoms with E-state index in [1.807, 2.05) is 12.1 Å². The van der Waals surface area contributed by atoms with Gasteiger partial charge < -0.3 is 19.1 Å². The van der Waals surface area contributed by atoms with E-state index in [2.05, 4.69) is 9.80 Å². The van der Waals surface area contributed by atoms with Crippen LogP contribution in [-0.2, 0) is 16.1 Å². The number of carbonyl (C=O) groups excluding carboxylic acids is 1. The van der Waals surface area contributed by atoms with Gasteiger partial charge in [0.05, 0.1) is 39.3 Å². The van der Waals surface area contributed by atoms with Crippen molar-refractivity contribution in [1.29, 1.82) is 0 Å². The van der Waals surface area contributed by atoms with Gasteiger partial charge in [-0.1, -0.05) is 0 Å². The summed E-state index contributed by atoms with van der Waals surface area (Å²) in [7, 11) is 4.75. The molecule has 1 aromatic heterocycles. The molecule has 3 heterocycles. The van der Waals surface area contributed by atoms with Gasteiger partial charge in [-0.25, -0.2) is 9.97 Å². The maximum absolute atomic E-state index is 11.8. The minimum absolute atomic E-state index is 0.000547. The third-order valence-electron chi connectivity index (χ3n) is 6.37. The number of benzene rings is 1. The summed E-state index contributed by atoms with van der Waals surface area (Å²) >= 11 is 0. The van der Waals surface area contributed by atoms with E-state index in [1.54, 1.807) is 14.2 Å². The summed E-state index contributed by atoms with van der Waals surface area (Å²) in [5.74, 6) is 3.04. The summed E-state index contributed by atoms with van der Waals surface area (Å²) in [6, 6.07) is 3.93. The molecule has 0 unspecified atom stereocenters. The lowest BCUT2D eigenvalue weighted by Crippen LogP contribution is -2.37. The second-order valence-electron chi connectivity index (χ2n) is 8.31. The number of methoxy groups -OCH3 is 3. The fraction of sp³-hybridized carbons (Fsp3) is 0.609. The number of anilines is 1. The quantitative estimate of drug-likeness (QED) is 0.650. The highest BCUT2D eigenvalue weighted by Crippen LogP contribution is 2.36. The molecule has 0 amide bonds. The monoisotopic (exact) mass is 428 g/mol. The summed E-state index contributed by atoms with van der Waals surface area (Å²) in [5.41, 5.74) is 0.868. The molecule has 2 aliphatic heterocycles. The second kappa shape index (κ2) is 9.68. The van der Waals surface area contributed by atoms with Crippen LogP contribution in [0, 0.1) is 5.92 Å². The van der Waals surface area contributed by atoms with Gasteiger partial charge in [-0.15, -0.1) is 0 Å². The molecule has 8 nitrogen and oxygen atoms in total. The molecule has 0 N–H and O–H groups in total. The molecule has 168 valence electrons. The van der Waals surface area contributed by atoms with Crippen LogP contribution in [0.3, 0.4) is 0 Å². The van der Waals surface area contributed by atoms with Crippen molar-refractivity contribution in [1.82, 2.24) is 14.9 Å². The zero-order chi connectivity index (χ0) is 21.8. The Bertz CT molecular complexity index is 921. The van der Waals surface area contributed by atoms with Crippen LogP contribution in [0.5, 0.6) is 11.5 Å². The number of likely N-dealkylation sites (tertiary alicyclic amines) is 1. The van der Waals surface area contributed by atoms with Crippen LogP contribution in [0.1, 0.15) is 37.9 Å². The van der Waals surface area contributed by atoms with Crippen LogP contribution in [0.15, 0.2) is 12.1 Å². The highest BCUT2D eigenvalue weighted by Gasteiger charge is 2.26. The van der Waals surface area contributed by atoms with Gasteiger partial charge in [-0.3, -0.25) is 9.69 Å². The number of aromatic nitrogens is 2. The van der Waals surface area contributed by atoms with Gasteiger partial charge in [-0.2, -0.15) is 0 Å². The zero-order valence-electron chi connectivity index (χ0n) is 18.7. The molecule has 2 fully saturated rings. The Hall–Kier alpha value is -2.61. The van der Waals surface area contributed by atoms with Crippen molar-refractivity contribution in [3.05, 3.63) is 18.0 Å². The van der Waals surface area contributed by atoms with Crippen molar-refractivity contribution in [3.8, 4) is 11.5 Å².